The number of aromatic nitrogens is 4. The van der Waals surface area contributed by atoms with Crippen LogP contribution in [0.15, 0.2) is 39.7 Å². The first-order valence-electron chi connectivity index (χ1n) is 8.41. The number of anilines is 1. The maximum atomic E-state index is 12.2. The molecular formula is C18H21N5O3. The second-order valence-electron chi connectivity index (χ2n) is 6.60. The van der Waals surface area contributed by atoms with Crippen LogP contribution in [0.1, 0.15) is 39.3 Å². The second kappa shape index (κ2) is 6.99. The zero-order chi connectivity index (χ0) is 18.8. The number of H-pyrrole nitrogens is 1. The predicted octanol–water partition coefficient (Wildman–Crippen LogP) is 2.93. The summed E-state index contributed by atoms with van der Waals surface area (Å²) in [5.74, 6) is 0.882. The first-order chi connectivity index (χ1) is 12.3. The molecule has 0 fully saturated rings. The van der Waals surface area contributed by atoms with Gasteiger partial charge in [-0.05, 0) is 18.1 Å². The highest BCUT2D eigenvalue weighted by Crippen LogP contribution is 2.24. The van der Waals surface area contributed by atoms with E-state index in [9.17, 15) is 9.59 Å². The quantitative estimate of drug-likeness (QED) is 0.732. The van der Waals surface area contributed by atoms with Gasteiger partial charge in [-0.25, -0.2) is 4.98 Å². The average molecular weight is 355 g/mol. The van der Waals surface area contributed by atoms with Gasteiger partial charge in [0.25, 0.3) is 5.56 Å². The molecule has 0 aliphatic carbocycles. The zero-order valence-electron chi connectivity index (χ0n) is 15.1. The van der Waals surface area contributed by atoms with Crippen LogP contribution in [-0.2, 0) is 4.79 Å². The summed E-state index contributed by atoms with van der Waals surface area (Å²) in [5.41, 5.74) is 0.876. The van der Waals surface area contributed by atoms with E-state index in [1.165, 1.54) is 10.7 Å². The van der Waals surface area contributed by atoms with Crippen molar-refractivity contribution in [1.82, 2.24) is 19.7 Å². The molecule has 0 radical (unpaired) electrons. The molecule has 3 rings (SSSR count). The Bertz CT molecular complexity index is 967. The number of carbonyl (C=O) groups is 1. The van der Waals surface area contributed by atoms with Crippen molar-refractivity contribution in [3.8, 4) is 17.4 Å². The van der Waals surface area contributed by atoms with Gasteiger partial charge < -0.3 is 9.73 Å². The van der Waals surface area contributed by atoms with Crippen molar-refractivity contribution in [3.63, 3.8) is 0 Å². The molecule has 3 aromatic rings. The van der Waals surface area contributed by atoms with Gasteiger partial charge in [0.15, 0.2) is 5.76 Å². The molecule has 2 N–H and O–H groups in total. The molecule has 0 atom stereocenters. The minimum atomic E-state index is -0.283. The molecule has 8 heteroatoms. The lowest BCUT2D eigenvalue weighted by molar-refractivity contribution is -0.118. The fourth-order valence-corrected chi connectivity index (χ4v) is 2.31. The Morgan fingerprint density at radius 3 is 2.65 bits per heavy atom. The predicted molar refractivity (Wildman–Crippen MR) is 97.2 cm³/mol. The lowest BCUT2D eigenvalue weighted by Gasteiger charge is -2.11. The summed E-state index contributed by atoms with van der Waals surface area (Å²) in [7, 11) is 0. The third kappa shape index (κ3) is 3.58. The van der Waals surface area contributed by atoms with Crippen molar-refractivity contribution in [2.75, 3.05) is 5.32 Å². The summed E-state index contributed by atoms with van der Waals surface area (Å²) < 4.78 is 6.79. The minimum Gasteiger partial charge on any atom is -0.463 e. The first kappa shape index (κ1) is 17.7. The fraction of sp³-hybridized carbons (Fsp3) is 0.333. The van der Waals surface area contributed by atoms with Crippen molar-refractivity contribution in [1.29, 1.82) is 0 Å². The largest absolute Gasteiger partial charge is 0.463 e. The number of hydrogen-bond donors (Lipinski definition) is 2. The number of hydrogen-bond acceptors (Lipinski definition) is 5. The summed E-state index contributed by atoms with van der Waals surface area (Å²) in [5, 5.41) is 7.27. The van der Waals surface area contributed by atoms with E-state index in [4.69, 9.17) is 4.42 Å². The topological polar surface area (TPSA) is 106 Å². The number of nitrogens with zero attached hydrogens (tertiary/aromatic N) is 3. The number of carbonyl (C=O) groups excluding carboxylic acids is 1. The van der Waals surface area contributed by atoms with E-state index in [2.05, 4.69) is 20.4 Å². The fourth-order valence-electron chi connectivity index (χ4n) is 2.31. The summed E-state index contributed by atoms with van der Waals surface area (Å²) in [6.45, 7) is 7.49. The third-order valence-corrected chi connectivity index (χ3v) is 3.80. The lowest BCUT2D eigenvalue weighted by Crippen LogP contribution is -2.22. The Morgan fingerprint density at radius 2 is 2.04 bits per heavy atom. The van der Waals surface area contributed by atoms with E-state index in [0.29, 0.717) is 23.0 Å². The van der Waals surface area contributed by atoms with E-state index in [0.717, 1.165) is 0 Å². The molecule has 26 heavy (non-hydrogen) atoms. The van der Waals surface area contributed by atoms with E-state index >= 15 is 0 Å². The van der Waals surface area contributed by atoms with Gasteiger partial charge in [-0.2, -0.15) is 9.78 Å². The first-order valence-corrected chi connectivity index (χ1v) is 8.41. The molecule has 136 valence electrons. The highest BCUT2D eigenvalue weighted by atomic mass is 16.3. The Hall–Kier alpha value is -3.16. The molecule has 0 aliphatic heterocycles. The summed E-state index contributed by atoms with van der Waals surface area (Å²) in [4.78, 5) is 31.3. The molecule has 0 bridgehead atoms. The van der Waals surface area contributed by atoms with Gasteiger partial charge in [-0.1, -0.05) is 27.7 Å². The van der Waals surface area contributed by atoms with Crippen LogP contribution >= 0.6 is 0 Å². The molecule has 3 heterocycles. The normalized spacial score (nSPS) is 11.3. The molecule has 8 nitrogen and oxygen atoms in total. The molecule has 1 amide bonds. The molecule has 0 aromatic carbocycles. The Balaban J connectivity index is 2.13. The van der Waals surface area contributed by atoms with Gasteiger partial charge >= 0.3 is 0 Å². The average Bonchev–Trinajstić information content (AvgIpc) is 3.23. The van der Waals surface area contributed by atoms with Crippen molar-refractivity contribution in [2.24, 2.45) is 5.92 Å². The number of nitrogens with one attached hydrogen (secondary N) is 2. The summed E-state index contributed by atoms with van der Waals surface area (Å²) in [6, 6.07) is 6.65. The molecule has 0 unspecified atom stereocenters. The van der Waals surface area contributed by atoms with E-state index in [1.54, 1.807) is 38.3 Å². The standard InChI is InChI=1S/C18H21N5O3/c1-10(2)12-9-16(24)21-18(19-12)23-15(20-17(25)11(3)4)8-13(22-23)14-6-5-7-26-14/h5-11H,1-4H3,(H,20,25)(H,19,21,24). The Labute approximate surface area is 150 Å². The van der Waals surface area contributed by atoms with Crippen LogP contribution in [0.5, 0.6) is 0 Å². The number of amides is 1. The zero-order valence-corrected chi connectivity index (χ0v) is 15.1. The van der Waals surface area contributed by atoms with E-state index in [-0.39, 0.29) is 29.3 Å². The van der Waals surface area contributed by atoms with Crippen LogP contribution in [0.4, 0.5) is 5.82 Å². The molecular weight excluding hydrogens is 334 g/mol. The Morgan fingerprint density at radius 1 is 1.27 bits per heavy atom. The molecule has 0 saturated carbocycles. The number of aromatic amines is 1. The lowest BCUT2D eigenvalue weighted by atomic mass is 10.1. The van der Waals surface area contributed by atoms with Crippen LogP contribution in [-0.4, -0.2) is 25.7 Å². The van der Waals surface area contributed by atoms with E-state index in [1.807, 2.05) is 13.8 Å². The van der Waals surface area contributed by atoms with E-state index < -0.39 is 0 Å². The number of rotatable bonds is 5. The van der Waals surface area contributed by atoms with Gasteiger partial charge in [0, 0.05) is 18.1 Å². The van der Waals surface area contributed by atoms with Gasteiger partial charge in [0.1, 0.15) is 11.5 Å². The molecule has 0 saturated heterocycles. The SMILES string of the molecule is CC(C)C(=O)Nc1cc(-c2ccco2)nn1-c1nc(C(C)C)cc(=O)[nH]1. The molecule has 0 aliphatic rings. The molecule has 0 spiro atoms. The van der Waals surface area contributed by atoms with Gasteiger partial charge in [-0.15, -0.1) is 0 Å². The number of furan rings is 1. The van der Waals surface area contributed by atoms with Gasteiger partial charge in [0.05, 0.1) is 12.0 Å². The third-order valence-electron chi connectivity index (χ3n) is 3.80. The van der Waals surface area contributed by atoms with Crippen LogP contribution < -0.4 is 10.9 Å². The molecule has 3 aromatic heterocycles. The van der Waals surface area contributed by atoms with Crippen molar-refractivity contribution in [2.45, 2.75) is 33.6 Å². The maximum absolute atomic E-state index is 12.2. The maximum Gasteiger partial charge on any atom is 0.252 e. The summed E-state index contributed by atoms with van der Waals surface area (Å²) >= 11 is 0. The van der Waals surface area contributed by atoms with Gasteiger partial charge in [-0.3, -0.25) is 14.6 Å². The second-order valence-corrected chi connectivity index (χ2v) is 6.60. The highest BCUT2D eigenvalue weighted by molar-refractivity contribution is 5.92. The summed E-state index contributed by atoms with van der Waals surface area (Å²) in [6.07, 6.45) is 1.54. The van der Waals surface area contributed by atoms with Crippen LogP contribution in [0.3, 0.4) is 0 Å². The van der Waals surface area contributed by atoms with Gasteiger partial charge in [0.2, 0.25) is 11.9 Å². The van der Waals surface area contributed by atoms with Crippen LogP contribution in [0, 0.1) is 5.92 Å². The monoisotopic (exact) mass is 355 g/mol. The van der Waals surface area contributed by atoms with Crippen molar-refractivity contribution < 1.29 is 9.21 Å². The minimum absolute atomic E-state index is 0.0739. The van der Waals surface area contributed by atoms with Crippen LogP contribution in [0.25, 0.3) is 17.4 Å². The highest BCUT2D eigenvalue weighted by Gasteiger charge is 2.18. The van der Waals surface area contributed by atoms with Crippen LogP contribution in [0.2, 0.25) is 0 Å². The van der Waals surface area contributed by atoms with Crippen molar-refractivity contribution in [3.05, 3.63) is 46.6 Å². The van der Waals surface area contributed by atoms with Crippen molar-refractivity contribution >= 4 is 11.7 Å². The Kier molecular flexibility index (Phi) is 4.75. The smallest absolute Gasteiger partial charge is 0.252 e.